The zero-order valence-corrected chi connectivity index (χ0v) is 10.7. The molecular weight excluding hydrogens is 198 g/mol. The highest BCUT2D eigenvalue weighted by molar-refractivity contribution is 5.37. The predicted octanol–water partition coefficient (Wildman–Crippen LogP) is 3.08. The first-order valence-electron chi connectivity index (χ1n) is 6.03. The molecule has 0 amide bonds. The third-order valence-electron chi connectivity index (χ3n) is 3.29. The molecule has 1 atom stereocenters. The van der Waals surface area contributed by atoms with Gasteiger partial charge in [0.25, 0.3) is 0 Å². The number of nitrogens with one attached hydrogen (secondary N) is 1. The summed E-state index contributed by atoms with van der Waals surface area (Å²) < 4.78 is 0. The fourth-order valence-electron chi connectivity index (χ4n) is 2.56. The van der Waals surface area contributed by atoms with E-state index in [1.165, 1.54) is 19.3 Å². The van der Waals surface area contributed by atoms with Crippen molar-refractivity contribution in [3.8, 4) is 0 Å². The van der Waals surface area contributed by atoms with Crippen molar-refractivity contribution in [3.05, 3.63) is 17.6 Å². The molecule has 1 unspecified atom stereocenters. The van der Waals surface area contributed by atoms with E-state index in [9.17, 15) is 0 Å². The lowest BCUT2D eigenvalue weighted by Crippen LogP contribution is -2.18. The minimum atomic E-state index is 0.481. The molecule has 0 aliphatic heterocycles. The normalized spacial score (nSPS) is 23.4. The first kappa shape index (κ1) is 11.4. The summed E-state index contributed by atoms with van der Waals surface area (Å²) in [6.07, 6.45) is 3.78. The van der Waals surface area contributed by atoms with Gasteiger partial charge in [0.2, 0.25) is 0 Å². The maximum atomic E-state index is 4.42. The lowest BCUT2D eigenvalue weighted by molar-refractivity contribution is 0.378. The van der Waals surface area contributed by atoms with Crippen LogP contribution >= 0.6 is 0 Å². The van der Waals surface area contributed by atoms with Gasteiger partial charge in [0.1, 0.15) is 11.6 Å². The van der Waals surface area contributed by atoms with Gasteiger partial charge >= 0.3 is 0 Å². The van der Waals surface area contributed by atoms with Crippen molar-refractivity contribution in [2.45, 2.75) is 53.0 Å². The Bertz CT molecular complexity index is 365. The summed E-state index contributed by atoms with van der Waals surface area (Å²) in [4.78, 5) is 8.71. The van der Waals surface area contributed by atoms with Gasteiger partial charge in [-0.15, -0.1) is 0 Å². The topological polar surface area (TPSA) is 37.8 Å². The Balaban J connectivity index is 2.05. The zero-order chi connectivity index (χ0) is 11.8. The van der Waals surface area contributed by atoms with Crippen LogP contribution in [0.3, 0.4) is 0 Å². The monoisotopic (exact) mass is 219 g/mol. The van der Waals surface area contributed by atoms with E-state index >= 15 is 0 Å². The van der Waals surface area contributed by atoms with Crippen LogP contribution < -0.4 is 5.32 Å². The molecule has 3 heteroatoms. The third-order valence-corrected chi connectivity index (χ3v) is 3.29. The molecule has 1 heterocycles. The molecule has 1 aromatic heterocycles. The van der Waals surface area contributed by atoms with E-state index in [4.69, 9.17) is 0 Å². The molecular formula is C13H21N3. The number of anilines is 1. The summed E-state index contributed by atoms with van der Waals surface area (Å²) in [5.41, 5.74) is 1.52. The van der Waals surface area contributed by atoms with Crippen LogP contribution in [0.4, 0.5) is 5.82 Å². The molecule has 3 nitrogen and oxygen atoms in total. The lowest BCUT2D eigenvalue weighted by Gasteiger charge is -2.18. The lowest BCUT2D eigenvalue weighted by atomic mass is 9.92. The molecule has 16 heavy (non-hydrogen) atoms. The van der Waals surface area contributed by atoms with Crippen LogP contribution in [0.5, 0.6) is 0 Å². The first-order chi connectivity index (χ1) is 7.44. The number of rotatable bonds is 2. The first-order valence-corrected chi connectivity index (χ1v) is 6.03. The van der Waals surface area contributed by atoms with E-state index in [1.54, 1.807) is 0 Å². The summed E-state index contributed by atoms with van der Waals surface area (Å²) in [5.74, 6) is 1.83. The van der Waals surface area contributed by atoms with Crippen molar-refractivity contribution in [3.63, 3.8) is 0 Å². The van der Waals surface area contributed by atoms with E-state index in [0.29, 0.717) is 11.5 Å². The average Bonchev–Trinajstić information content (AvgIpc) is 2.43. The Morgan fingerprint density at radius 3 is 2.62 bits per heavy atom. The molecule has 1 fully saturated rings. The summed E-state index contributed by atoms with van der Waals surface area (Å²) in [6.45, 7) is 8.63. The van der Waals surface area contributed by atoms with Crippen LogP contribution in [0.25, 0.3) is 0 Å². The van der Waals surface area contributed by atoms with Gasteiger partial charge in [-0.2, -0.15) is 0 Å². The van der Waals surface area contributed by atoms with Gasteiger partial charge in [-0.05, 0) is 38.5 Å². The highest BCUT2D eigenvalue weighted by Gasteiger charge is 2.30. The van der Waals surface area contributed by atoms with Crippen LogP contribution in [-0.4, -0.2) is 16.0 Å². The SMILES string of the molecule is Cc1cc(NC2CCC(C)(C)C2)nc(C)n1. The second-order valence-corrected chi connectivity index (χ2v) is 5.69. The molecule has 1 saturated carbocycles. The highest BCUT2D eigenvalue weighted by atomic mass is 15.1. The van der Waals surface area contributed by atoms with Gasteiger partial charge in [-0.1, -0.05) is 13.8 Å². The largest absolute Gasteiger partial charge is 0.367 e. The number of aromatic nitrogens is 2. The zero-order valence-electron chi connectivity index (χ0n) is 10.7. The standard InChI is InChI=1S/C13H21N3/c1-9-7-12(15-10(2)14-9)16-11-5-6-13(3,4)8-11/h7,11H,5-6,8H2,1-4H3,(H,14,15,16). The van der Waals surface area contributed by atoms with Crippen molar-refractivity contribution in [1.82, 2.24) is 9.97 Å². The Labute approximate surface area is 97.7 Å². The number of hydrogen-bond donors (Lipinski definition) is 1. The Morgan fingerprint density at radius 2 is 2.06 bits per heavy atom. The van der Waals surface area contributed by atoms with E-state index in [-0.39, 0.29) is 0 Å². The van der Waals surface area contributed by atoms with Crippen LogP contribution in [0.2, 0.25) is 0 Å². The maximum Gasteiger partial charge on any atom is 0.130 e. The summed E-state index contributed by atoms with van der Waals surface area (Å²) in [7, 11) is 0. The Kier molecular flexibility index (Phi) is 2.87. The molecule has 0 radical (unpaired) electrons. The molecule has 0 aromatic carbocycles. The fraction of sp³-hybridized carbons (Fsp3) is 0.692. The van der Waals surface area contributed by atoms with E-state index in [0.717, 1.165) is 17.3 Å². The number of aryl methyl sites for hydroxylation is 2. The van der Waals surface area contributed by atoms with Gasteiger partial charge < -0.3 is 5.32 Å². The molecule has 1 N–H and O–H groups in total. The molecule has 88 valence electrons. The third kappa shape index (κ3) is 2.71. The molecule has 1 aromatic rings. The minimum absolute atomic E-state index is 0.481. The van der Waals surface area contributed by atoms with Gasteiger partial charge in [0, 0.05) is 17.8 Å². The summed E-state index contributed by atoms with van der Waals surface area (Å²) in [5, 5.41) is 3.53. The molecule has 0 bridgehead atoms. The van der Waals surface area contributed by atoms with Crippen molar-refractivity contribution < 1.29 is 0 Å². The second kappa shape index (κ2) is 4.04. The molecule has 0 saturated heterocycles. The molecule has 1 aliphatic carbocycles. The van der Waals surface area contributed by atoms with Crippen molar-refractivity contribution in [1.29, 1.82) is 0 Å². The number of hydrogen-bond acceptors (Lipinski definition) is 3. The average molecular weight is 219 g/mol. The molecule has 0 spiro atoms. The Hall–Kier alpha value is -1.12. The van der Waals surface area contributed by atoms with Gasteiger partial charge in [-0.25, -0.2) is 9.97 Å². The maximum absolute atomic E-state index is 4.42. The molecule has 2 rings (SSSR count). The molecule has 1 aliphatic rings. The van der Waals surface area contributed by atoms with Crippen LogP contribution in [0.15, 0.2) is 6.07 Å². The van der Waals surface area contributed by atoms with Crippen molar-refractivity contribution in [2.24, 2.45) is 5.41 Å². The smallest absolute Gasteiger partial charge is 0.130 e. The van der Waals surface area contributed by atoms with Crippen molar-refractivity contribution >= 4 is 5.82 Å². The van der Waals surface area contributed by atoms with Crippen LogP contribution in [0.1, 0.15) is 44.6 Å². The van der Waals surface area contributed by atoms with Gasteiger partial charge in [-0.3, -0.25) is 0 Å². The highest BCUT2D eigenvalue weighted by Crippen LogP contribution is 2.38. The van der Waals surface area contributed by atoms with E-state index in [1.807, 2.05) is 19.9 Å². The quantitative estimate of drug-likeness (QED) is 0.830. The minimum Gasteiger partial charge on any atom is -0.367 e. The van der Waals surface area contributed by atoms with E-state index in [2.05, 4.69) is 29.1 Å². The van der Waals surface area contributed by atoms with Crippen LogP contribution in [0, 0.1) is 19.3 Å². The Morgan fingerprint density at radius 1 is 1.31 bits per heavy atom. The number of nitrogens with zero attached hydrogens (tertiary/aromatic N) is 2. The van der Waals surface area contributed by atoms with E-state index < -0.39 is 0 Å². The van der Waals surface area contributed by atoms with Crippen LogP contribution in [-0.2, 0) is 0 Å². The second-order valence-electron chi connectivity index (χ2n) is 5.69. The van der Waals surface area contributed by atoms with Gasteiger partial charge in [0.15, 0.2) is 0 Å². The summed E-state index contributed by atoms with van der Waals surface area (Å²) >= 11 is 0. The van der Waals surface area contributed by atoms with Gasteiger partial charge in [0.05, 0.1) is 0 Å². The predicted molar refractivity (Wildman–Crippen MR) is 66.5 cm³/mol. The summed E-state index contributed by atoms with van der Waals surface area (Å²) in [6, 6.07) is 2.60. The van der Waals surface area contributed by atoms with Crippen molar-refractivity contribution in [2.75, 3.05) is 5.32 Å². The fourth-order valence-corrected chi connectivity index (χ4v) is 2.56.